The fourth-order valence-electron chi connectivity index (χ4n) is 0.959. The first-order chi connectivity index (χ1) is 6.51. The summed E-state index contributed by atoms with van der Waals surface area (Å²) < 4.78 is 34.7. The molecule has 1 rings (SSSR count). The Hall–Kier alpha value is 0.526. The third kappa shape index (κ3) is 6.64. The van der Waals surface area contributed by atoms with Crippen LogP contribution < -0.4 is 55.6 Å². The number of benzene rings is 1. The molecule has 78 valence electrons. The van der Waals surface area contributed by atoms with Gasteiger partial charge in [-0.3, -0.25) is 0 Å². The van der Waals surface area contributed by atoms with Gasteiger partial charge in [0, 0.05) is 6.61 Å². The molecular formula is C8H9KO5S. The van der Waals surface area contributed by atoms with E-state index in [0.29, 0.717) is 6.42 Å². The molecule has 0 saturated heterocycles. The zero-order valence-electron chi connectivity index (χ0n) is 8.21. The van der Waals surface area contributed by atoms with Crippen molar-refractivity contribution in [3.8, 4) is 5.75 Å². The van der Waals surface area contributed by atoms with E-state index >= 15 is 0 Å². The van der Waals surface area contributed by atoms with Gasteiger partial charge in [-0.15, -0.1) is 0 Å². The molecule has 0 aliphatic heterocycles. The number of aliphatic hydroxyl groups excluding tert-OH is 1. The molecule has 0 amide bonds. The molecule has 1 aromatic rings. The molecule has 0 aliphatic carbocycles. The fourth-order valence-corrected chi connectivity index (χ4v) is 1.31. The predicted molar refractivity (Wildman–Crippen MR) is 47.6 cm³/mol. The molecule has 0 aliphatic rings. The van der Waals surface area contributed by atoms with Crippen molar-refractivity contribution in [2.45, 2.75) is 6.42 Å². The Morgan fingerprint density at radius 2 is 1.80 bits per heavy atom. The maximum Gasteiger partial charge on any atom is 1.00 e. The molecule has 0 bridgehead atoms. The zero-order chi connectivity index (χ0) is 10.6. The molecule has 0 fully saturated rings. The van der Waals surface area contributed by atoms with E-state index in [0.717, 1.165) is 5.56 Å². The summed E-state index contributed by atoms with van der Waals surface area (Å²) in [6.07, 6.45) is 0.477. The summed E-state index contributed by atoms with van der Waals surface area (Å²) in [5.41, 5.74) is 0.836. The van der Waals surface area contributed by atoms with Crippen molar-refractivity contribution in [1.82, 2.24) is 0 Å². The Morgan fingerprint density at radius 3 is 2.20 bits per heavy atom. The van der Waals surface area contributed by atoms with Gasteiger partial charge in [0.25, 0.3) is 10.4 Å². The van der Waals surface area contributed by atoms with Crippen LogP contribution >= 0.6 is 0 Å². The molecule has 5 nitrogen and oxygen atoms in total. The second-order valence-electron chi connectivity index (χ2n) is 2.61. The van der Waals surface area contributed by atoms with Crippen molar-refractivity contribution < 1.29 is 73.6 Å². The van der Waals surface area contributed by atoms with Crippen molar-refractivity contribution in [2.24, 2.45) is 0 Å². The molecule has 1 aromatic carbocycles. The van der Waals surface area contributed by atoms with E-state index in [9.17, 15) is 13.0 Å². The molecule has 0 saturated carbocycles. The van der Waals surface area contributed by atoms with E-state index in [4.69, 9.17) is 5.11 Å². The van der Waals surface area contributed by atoms with Crippen LogP contribution in [0.5, 0.6) is 5.75 Å². The summed E-state index contributed by atoms with van der Waals surface area (Å²) in [5, 5.41) is 8.60. The van der Waals surface area contributed by atoms with E-state index in [2.05, 4.69) is 4.18 Å². The van der Waals surface area contributed by atoms with Crippen LogP contribution in [-0.2, 0) is 16.8 Å². The standard InChI is InChI=1S/C8H10O5S.K/c9-6-5-7-1-3-8(4-2-7)13-14(10,11)12;/h1-4,9H,5-6H2,(H,10,11,12);/q;+1/p-1. The molecule has 0 atom stereocenters. The van der Waals surface area contributed by atoms with Gasteiger partial charge in [-0.05, 0) is 24.1 Å². The van der Waals surface area contributed by atoms with Crippen molar-refractivity contribution in [1.29, 1.82) is 0 Å². The number of rotatable bonds is 4. The zero-order valence-corrected chi connectivity index (χ0v) is 12.2. The topological polar surface area (TPSA) is 86.7 Å². The third-order valence-corrected chi connectivity index (χ3v) is 1.92. The van der Waals surface area contributed by atoms with Gasteiger partial charge in [-0.1, -0.05) is 12.1 Å². The molecule has 0 radical (unpaired) electrons. The molecule has 15 heavy (non-hydrogen) atoms. The van der Waals surface area contributed by atoms with E-state index in [-0.39, 0.29) is 63.7 Å². The fraction of sp³-hybridized carbons (Fsp3) is 0.250. The summed E-state index contributed by atoms with van der Waals surface area (Å²) in [6, 6.07) is 5.88. The monoisotopic (exact) mass is 256 g/mol. The van der Waals surface area contributed by atoms with Gasteiger partial charge in [-0.2, -0.15) is 0 Å². The quantitative estimate of drug-likeness (QED) is 0.354. The number of hydrogen-bond acceptors (Lipinski definition) is 5. The molecule has 0 aromatic heterocycles. The van der Waals surface area contributed by atoms with E-state index in [1.165, 1.54) is 12.1 Å². The largest absolute Gasteiger partial charge is 1.00 e. The van der Waals surface area contributed by atoms with Gasteiger partial charge in [0.15, 0.2) is 0 Å². The van der Waals surface area contributed by atoms with Crippen LogP contribution in [0.3, 0.4) is 0 Å². The van der Waals surface area contributed by atoms with Crippen LogP contribution in [0.4, 0.5) is 0 Å². The van der Waals surface area contributed by atoms with Crippen molar-refractivity contribution >= 4 is 10.4 Å². The van der Waals surface area contributed by atoms with E-state index in [1.54, 1.807) is 12.1 Å². The summed E-state index contributed by atoms with van der Waals surface area (Å²) in [7, 11) is -4.70. The molecule has 0 spiro atoms. The average Bonchev–Trinajstić information content (AvgIpc) is 2.06. The van der Waals surface area contributed by atoms with Gasteiger partial charge in [0.05, 0.1) is 0 Å². The maximum absolute atomic E-state index is 10.2. The SMILES string of the molecule is O=S(=O)([O-])Oc1ccc(CCO)cc1.[K+]. The van der Waals surface area contributed by atoms with Gasteiger partial charge in [0.1, 0.15) is 5.75 Å². The van der Waals surface area contributed by atoms with Gasteiger partial charge >= 0.3 is 51.4 Å². The molecule has 0 heterocycles. The summed E-state index contributed by atoms with van der Waals surface area (Å²) >= 11 is 0. The smallest absolute Gasteiger partial charge is 0.716 e. The van der Waals surface area contributed by atoms with Crippen molar-refractivity contribution in [3.63, 3.8) is 0 Å². The summed E-state index contributed by atoms with van der Waals surface area (Å²) in [5.74, 6) is -0.0262. The Kier molecular flexibility index (Phi) is 7.22. The van der Waals surface area contributed by atoms with Gasteiger partial charge in [-0.25, -0.2) is 8.42 Å². The van der Waals surface area contributed by atoms with Crippen LogP contribution in [-0.4, -0.2) is 24.7 Å². The second-order valence-corrected chi connectivity index (χ2v) is 3.59. The Morgan fingerprint density at radius 1 is 1.27 bits per heavy atom. The second kappa shape index (κ2) is 6.97. The minimum Gasteiger partial charge on any atom is -0.716 e. The minimum atomic E-state index is -4.70. The van der Waals surface area contributed by atoms with Gasteiger partial charge in [0.2, 0.25) is 0 Å². The van der Waals surface area contributed by atoms with E-state index < -0.39 is 10.4 Å². The summed E-state index contributed by atoms with van der Waals surface area (Å²) in [4.78, 5) is 0. The molecule has 0 unspecified atom stereocenters. The Labute approximate surface area is 131 Å². The van der Waals surface area contributed by atoms with Crippen molar-refractivity contribution in [2.75, 3.05) is 6.61 Å². The first-order valence-electron chi connectivity index (χ1n) is 3.86. The minimum absolute atomic E-state index is 0. The normalized spacial score (nSPS) is 10.5. The predicted octanol–water partition coefficient (Wildman–Crippen LogP) is -2.94. The Balaban J connectivity index is 0.00000196. The van der Waals surface area contributed by atoms with Crippen LogP contribution in [0.2, 0.25) is 0 Å². The maximum atomic E-state index is 10.2. The molecule has 7 heteroatoms. The van der Waals surface area contributed by atoms with Crippen LogP contribution in [0, 0.1) is 0 Å². The first kappa shape index (κ1) is 15.5. The van der Waals surface area contributed by atoms with Crippen LogP contribution in [0.1, 0.15) is 5.56 Å². The van der Waals surface area contributed by atoms with Crippen LogP contribution in [0.25, 0.3) is 0 Å². The Bertz CT molecular complexity index is 386. The van der Waals surface area contributed by atoms with Crippen molar-refractivity contribution in [3.05, 3.63) is 29.8 Å². The average molecular weight is 256 g/mol. The van der Waals surface area contributed by atoms with Gasteiger partial charge < -0.3 is 13.8 Å². The molecular weight excluding hydrogens is 247 g/mol. The van der Waals surface area contributed by atoms with E-state index in [1.807, 2.05) is 0 Å². The number of hydrogen-bond donors (Lipinski definition) is 1. The van der Waals surface area contributed by atoms with Crippen LogP contribution in [0.15, 0.2) is 24.3 Å². The first-order valence-corrected chi connectivity index (χ1v) is 5.20. The summed E-state index contributed by atoms with van der Waals surface area (Å²) in [6.45, 7) is 0.0139. The molecule has 1 N–H and O–H groups in total. The third-order valence-electron chi connectivity index (χ3n) is 1.52. The number of aliphatic hydroxyl groups is 1.